The molecule has 0 spiro atoms. The molecule has 31 heavy (non-hydrogen) atoms. The summed E-state index contributed by atoms with van der Waals surface area (Å²) in [6, 6.07) is 8.41. The second-order valence-corrected chi connectivity index (χ2v) is 8.21. The number of nitrogens with one attached hydrogen (secondary N) is 1. The third kappa shape index (κ3) is 4.04. The fourth-order valence-corrected chi connectivity index (χ4v) is 4.48. The molecule has 0 aliphatic rings. The van der Waals surface area contributed by atoms with Gasteiger partial charge < -0.3 is 14.8 Å². The van der Waals surface area contributed by atoms with E-state index in [0.717, 1.165) is 22.8 Å². The van der Waals surface area contributed by atoms with Gasteiger partial charge in [0.15, 0.2) is 5.82 Å². The average molecular weight is 478 g/mol. The Labute approximate surface area is 191 Å². The summed E-state index contributed by atoms with van der Waals surface area (Å²) in [5.41, 5.74) is 1.47. The number of amides is 1. The van der Waals surface area contributed by atoms with Crippen LogP contribution < -0.4 is 14.8 Å². The minimum atomic E-state index is -0.442. The predicted octanol–water partition coefficient (Wildman–Crippen LogP) is 4.99. The lowest BCUT2D eigenvalue weighted by Crippen LogP contribution is -2.14. The second kappa shape index (κ2) is 8.70. The van der Waals surface area contributed by atoms with Gasteiger partial charge in [-0.3, -0.25) is 4.79 Å². The molecule has 0 atom stereocenters. The van der Waals surface area contributed by atoms with Crippen molar-refractivity contribution < 1.29 is 14.3 Å². The Morgan fingerprint density at radius 3 is 2.68 bits per heavy atom. The number of hydrogen-bond donors (Lipinski definition) is 1. The molecule has 2 aromatic carbocycles. The van der Waals surface area contributed by atoms with Gasteiger partial charge in [-0.1, -0.05) is 41.5 Å². The summed E-state index contributed by atoms with van der Waals surface area (Å²) < 4.78 is 12.4. The molecule has 0 radical (unpaired) electrons. The van der Waals surface area contributed by atoms with E-state index < -0.39 is 5.91 Å². The number of aromatic nitrogens is 4. The minimum absolute atomic E-state index is 0.207. The van der Waals surface area contributed by atoms with Crippen LogP contribution in [0.15, 0.2) is 30.3 Å². The number of ether oxygens (including phenoxy) is 2. The van der Waals surface area contributed by atoms with Crippen LogP contribution in [0.1, 0.15) is 23.1 Å². The van der Waals surface area contributed by atoms with Gasteiger partial charge in [0.05, 0.1) is 30.5 Å². The van der Waals surface area contributed by atoms with Gasteiger partial charge in [-0.2, -0.15) is 9.61 Å². The Balaban J connectivity index is 1.71. The maximum atomic E-state index is 13.0. The van der Waals surface area contributed by atoms with Crippen LogP contribution in [0.2, 0.25) is 10.0 Å². The van der Waals surface area contributed by atoms with E-state index in [-0.39, 0.29) is 16.3 Å². The molecule has 0 saturated carbocycles. The highest BCUT2D eigenvalue weighted by Gasteiger charge is 2.19. The Morgan fingerprint density at radius 1 is 1.16 bits per heavy atom. The molecular weight excluding hydrogens is 461 g/mol. The molecule has 0 fully saturated rings. The smallest absolute Gasteiger partial charge is 0.259 e. The van der Waals surface area contributed by atoms with E-state index >= 15 is 0 Å². The van der Waals surface area contributed by atoms with Crippen molar-refractivity contribution in [2.75, 3.05) is 19.5 Å². The van der Waals surface area contributed by atoms with E-state index in [1.807, 2.05) is 13.0 Å². The zero-order valence-corrected chi connectivity index (χ0v) is 19.1. The Kier molecular flexibility index (Phi) is 5.99. The van der Waals surface area contributed by atoms with Crippen LogP contribution in [-0.4, -0.2) is 39.9 Å². The van der Waals surface area contributed by atoms with Crippen molar-refractivity contribution in [3.05, 3.63) is 51.8 Å². The van der Waals surface area contributed by atoms with Crippen molar-refractivity contribution in [3.63, 3.8) is 0 Å². The van der Waals surface area contributed by atoms with Crippen LogP contribution in [0.25, 0.3) is 15.5 Å². The molecule has 4 aromatic rings. The van der Waals surface area contributed by atoms with Crippen molar-refractivity contribution in [1.29, 1.82) is 0 Å². The van der Waals surface area contributed by atoms with Crippen molar-refractivity contribution in [1.82, 2.24) is 19.8 Å². The first-order valence-corrected chi connectivity index (χ1v) is 10.8. The van der Waals surface area contributed by atoms with Crippen LogP contribution in [0, 0.1) is 0 Å². The highest BCUT2D eigenvalue weighted by Crippen LogP contribution is 2.35. The predicted molar refractivity (Wildman–Crippen MR) is 121 cm³/mol. The fraction of sp³-hybridized carbons (Fsp3) is 0.200. The fourth-order valence-electron chi connectivity index (χ4n) is 3.06. The van der Waals surface area contributed by atoms with E-state index in [9.17, 15) is 4.79 Å². The van der Waals surface area contributed by atoms with Crippen molar-refractivity contribution >= 4 is 51.1 Å². The van der Waals surface area contributed by atoms with Gasteiger partial charge in [0.2, 0.25) is 4.96 Å². The maximum absolute atomic E-state index is 13.0. The Hall–Kier alpha value is -2.88. The normalized spacial score (nSPS) is 11.0. The van der Waals surface area contributed by atoms with Gasteiger partial charge in [0, 0.05) is 17.0 Å². The molecule has 0 unspecified atom stereocenters. The van der Waals surface area contributed by atoms with Crippen LogP contribution in [0.4, 0.5) is 5.69 Å². The van der Waals surface area contributed by atoms with Crippen LogP contribution in [0.3, 0.4) is 0 Å². The molecule has 2 aromatic heterocycles. The first-order valence-electron chi connectivity index (χ1n) is 9.19. The highest BCUT2D eigenvalue weighted by molar-refractivity contribution is 7.19. The first-order chi connectivity index (χ1) is 14.9. The standard InChI is InChI=1S/C20H17Cl2N5O3S/c1-4-16-24-25-20-27(16)26-19(31-20)10-5-6-15(29-2)14(7-10)23-18(28)12-8-11(21)9-13(22)17(12)30-3/h5-9H,4H2,1-3H3,(H,23,28). The third-order valence-electron chi connectivity index (χ3n) is 4.52. The summed E-state index contributed by atoms with van der Waals surface area (Å²) in [6.07, 6.45) is 0.721. The lowest BCUT2D eigenvalue weighted by Gasteiger charge is -2.14. The summed E-state index contributed by atoms with van der Waals surface area (Å²) >= 11 is 13.6. The monoisotopic (exact) mass is 477 g/mol. The van der Waals surface area contributed by atoms with Gasteiger partial charge >= 0.3 is 0 Å². The Bertz CT molecular complexity index is 1290. The molecule has 4 rings (SSSR count). The quantitative estimate of drug-likeness (QED) is 0.420. The number of aryl methyl sites for hydroxylation is 1. The Morgan fingerprint density at radius 2 is 1.97 bits per heavy atom. The number of carbonyl (C=O) groups excluding carboxylic acids is 1. The van der Waals surface area contributed by atoms with Crippen molar-refractivity contribution in [2.24, 2.45) is 0 Å². The summed E-state index contributed by atoms with van der Waals surface area (Å²) in [7, 11) is 2.96. The van der Waals surface area contributed by atoms with Gasteiger partial charge in [0.25, 0.3) is 5.91 Å². The number of fused-ring (bicyclic) bond motifs is 1. The van der Waals surface area contributed by atoms with E-state index in [1.165, 1.54) is 37.7 Å². The van der Waals surface area contributed by atoms with Gasteiger partial charge in [0.1, 0.15) is 16.5 Å². The molecular formula is C20H17Cl2N5O3S. The maximum Gasteiger partial charge on any atom is 0.259 e. The molecule has 2 heterocycles. The molecule has 0 bridgehead atoms. The van der Waals surface area contributed by atoms with Crippen molar-refractivity contribution in [3.8, 4) is 22.1 Å². The topological polar surface area (TPSA) is 90.6 Å². The number of methoxy groups -OCH3 is 2. The summed E-state index contributed by atoms with van der Waals surface area (Å²) in [5, 5.41) is 17.0. The largest absolute Gasteiger partial charge is 0.495 e. The van der Waals surface area contributed by atoms with Crippen molar-refractivity contribution in [2.45, 2.75) is 13.3 Å². The van der Waals surface area contributed by atoms with Gasteiger partial charge in [-0.15, -0.1) is 10.2 Å². The van der Waals surface area contributed by atoms with E-state index in [2.05, 4.69) is 20.6 Å². The zero-order valence-electron chi connectivity index (χ0n) is 16.8. The van der Waals surface area contributed by atoms with Gasteiger partial charge in [-0.05, 0) is 30.3 Å². The third-order valence-corrected chi connectivity index (χ3v) is 5.97. The number of rotatable bonds is 6. The lowest BCUT2D eigenvalue weighted by atomic mass is 10.1. The number of benzene rings is 2. The lowest BCUT2D eigenvalue weighted by molar-refractivity contribution is 0.102. The molecule has 0 aliphatic heterocycles. The molecule has 8 nitrogen and oxygen atoms in total. The summed E-state index contributed by atoms with van der Waals surface area (Å²) in [4.78, 5) is 13.7. The van der Waals surface area contributed by atoms with E-state index in [1.54, 1.807) is 16.6 Å². The molecule has 0 aliphatic carbocycles. The van der Waals surface area contributed by atoms with Crippen LogP contribution >= 0.6 is 34.5 Å². The summed E-state index contributed by atoms with van der Waals surface area (Å²) in [5.74, 6) is 1.06. The zero-order chi connectivity index (χ0) is 22.1. The number of hydrogen-bond acceptors (Lipinski definition) is 7. The SMILES string of the molecule is CCc1nnc2sc(-c3ccc(OC)c(NC(=O)c4cc(Cl)cc(Cl)c4OC)c3)nn12. The first kappa shape index (κ1) is 21.4. The van der Waals surface area contributed by atoms with E-state index in [0.29, 0.717) is 21.4 Å². The number of anilines is 1. The van der Waals surface area contributed by atoms with Gasteiger partial charge in [-0.25, -0.2) is 0 Å². The van der Waals surface area contributed by atoms with E-state index in [4.69, 9.17) is 32.7 Å². The average Bonchev–Trinajstić information content (AvgIpc) is 3.34. The minimum Gasteiger partial charge on any atom is -0.495 e. The number of carbonyl (C=O) groups is 1. The molecule has 1 amide bonds. The molecule has 0 saturated heterocycles. The van der Waals surface area contributed by atoms with Crippen LogP contribution in [-0.2, 0) is 6.42 Å². The molecule has 1 N–H and O–H groups in total. The van der Waals surface area contributed by atoms with Crippen LogP contribution in [0.5, 0.6) is 11.5 Å². The molecule has 11 heteroatoms. The molecule has 160 valence electrons. The number of nitrogens with zero attached hydrogens (tertiary/aromatic N) is 4. The number of halogens is 2. The highest BCUT2D eigenvalue weighted by atomic mass is 35.5. The second-order valence-electron chi connectivity index (χ2n) is 6.41. The summed E-state index contributed by atoms with van der Waals surface area (Å²) in [6.45, 7) is 1.99.